The Bertz CT molecular complexity index is 1700. The maximum Gasteiger partial charge on any atom is 0.244 e. The van der Waals surface area contributed by atoms with Crippen LogP contribution in [0.2, 0.25) is 0 Å². The summed E-state index contributed by atoms with van der Waals surface area (Å²) in [5, 5.41) is 6.32. The molecule has 0 fully saturated rings. The van der Waals surface area contributed by atoms with Crippen molar-refractivity contribution in [2.45, 2.75) is 26.6 Å². The van der Waals surface area contributed by atoms with E-state index in [2.05, 4.69) is 10.5 Å². The van der Waals surface area contributed by atoms with Crippen LogP contribution in [0.1, 0.15) is 29.2 Å². The number of hydrogen-bond acceptors (Lipinski definition) is 6. The molecule has 218 valence electrons. The molecule has 5 aromatic rings. The number of carbonyl (C=O) groups is 1. The second kappa shape index (κ2) is 14.5. The highest BCUT2D eigenvalue weighted by molar-refractivity contribution is 5.90. The zero-order chi connectivity index (χ0) is 29.9. The second-order valence-corrected chi connectivity index (χ2v) is 9.80. The summed E-state index contributed by atoms with van der Waals surface area (Å²) in [5.74, 6) is 2.30. The third-order valence-electron chi connectivity index (χ3n) is 6.76. The Balaban J connectivity index is 1.19. The molecule has 7 heteroatoms. The van der Waals surface area contributed by atoms with E-state index in [1.54, 1.807) is 13.3 Å². The van der Waals surface area contributed by atoms with Crippen molar-refractivity contribution in [3.05, 3.63) is 131 Å². The summed E-state index contributed by atoms with van der Waals surface area (Å²) in [6.07, 6.45) is 1.83. The Morgan fingerprint density at radius 3 is 2.26 bits per heavy atom. The Morgan fingerprint density at radius 2 is 1.44 bits per heavy atom. The van der Waals surface area contributed by atoms with Crippen molar-refractivity contribution in [1.29, 1.82) is 0 Å². The summed E-state index contributed by atoms with van der Waals surface area (Å²) >= 11 is 0. The van der Waals surface area contributed by atoms with E-state index >= 15 is 0 Å². The van der Waals surface area contributed by atoms with Crippen molar-refractivity contribution < 1.29 is 23.7 Å². The van der Waals surface area contributed by atoms with Gasteiger partial charge in [0.1, 0.15) is 13.2 Å². The van der Waals surface area contributed by atoms with Crippen LogP contribution in [0.3, 0.4) is 0 Å². The summed E-state index contributed by atoms with van der Waals surface area (Å²) in [6.45, 7) is 3.15. The molecule has 7 nitrogen and oxygen atoms in total. The number of hydrazone groups is 1. The number of ether oxygens (including phenoxy) is 4. The molecule has 0 heterocycles. The van der Waals surface area contributed by atoms with Crippen LogP contribution in [-0.2, 0) is 24.4 Å². The predicted molar refractivity (Wildman–Crippen MR) is 169 cm³/mol. The van der Waals surface area contributed by atoms with E-state index < -0.39 is 0 Å². The molecule has 0 aliphatic rings. The highest BCUT2D eigenvalue weighted by Crippen LogP contribution is 2.32. The van der Waals surface area contributed by atoms with Crippen molar-refractivity contribution >= 4 is 22.9 Å². The lowest BCUT2D eigenvalue weighted by atomic mass is 10.0. The largest absolute Gasteiger partial charge is 0.493 e. The summed E-state index contributed by atoms with van der Waals surface area (Å²) in [6, 6.07) is 35.2. The number of hydrogen-bond donors (Lipinski definition) is 1. The van der Waals surface area contributed by atoms with Crippen molar-refractivity contribution in [2.24, 2.45) is 5.10 Å². The highest BCUT2D eigenvalue weighted by Gasteiger charge is 2.11. The number of carbonyl (C=O) groups excluding carboxylic acids is 1. The van der Waals surface area contributed by atoms with Crippen LogP contribution in [0.15, 0.2) is 114 Å². The standard InChI is InChI=1S/C36H34N2O5/c1-3-41-35-20-27(23-37-38-36(39)22-30-14-9-13-29-12-7-8-15-31(29)30)16-18-33(35)43-25-28-17-19-32(34(21-28)40-2)42-24-26-10-5-4-6-11-26/h4-21,23H,3,22,24-25H2,1-2H3,(H,38,39)/b37-23+. The molecule has 0 aliphatic carbocycles. The van der Waals surface area contributed by atoms with Gasteiger partial charge in [0.25, 0.3) is 0 Å². The zero-order valence-corrected chi connectivity index (χ0v) is 24.3. The fourth-order valence-corrected chi connectivity index (χ4v) is 4.65. The van der Waals surface area contributed by atoms with Crippen LogP contribution in [0.5, 0.6) is 23.0 Å². The van der Waals surface area contributed by atoms with Gasteiger partial charge in [0.15, 0.2) is 23.0 Å². The molecule has 1 N–H and O–H groups in total. The summed E-state index contributed by atoms with van der Waals surface area (Å²) in [5.41, 5.74) is 6.35. The smallest absolute Gasteiger partial charge is 0.244 e. The minimum absolute atomic E-state index is 0.190. The van der Waals surface area contributed by atoms with E-state index in [1.165, 1.54) is 0 Å². The topological polar surface area (TPSA) is 78.4 Å². The summed E-state index contributed by atoms with van der Waals surface area (Å²) in [4.78, 5) is 12.6. The van der Waals surface area contributed by atoms with Gasteiger partial charge in [-0.15, -0.1) is 0 Å². The second-order valence-electron chi connectivity index (χ2n) is 9.80. The first kappa shape index (κ1) is 29.2. The maximum atomic E-state index is 12.6. The molecule has 5 aromatic carbocycles. The van der Waals surface area contributed by atoms with Gasteiger partial charge >= 0.3 is 0 Å². The maximum absolute atomic E-state index is 12.6. The van der Waals surface area contributed by atoms with Gasteiger partial charge in [-0.25, -0.2) is 5.43 Å². The van der Waals surface area contributed by atoms with Crippen molar-refractivity contribution in [1.82, 2.24) is 5.43 Å². The summed E-state index contributed by atoms with van der Waals surface area (Å²) in [7, 11) is 1.62. The number of methoxy groups -OCH3 is 1. The van der Waals surface area contributed by atoms with E-state index in [4.69, 9.17) is 18.9 Å². The van der Waals surface area contributed by atoms with Crippen molar-refractivity contribution in [2.75, 3.05) is 13.7 Å². The molecule has 0 saturated heterocycles. The molecule has 43 heavy (non-hydrogen) atoms. The SMILES string of the molecule is CCOc1cc(/C=N/NC(=O)Cc2cccc3ccccc23)ccc1OCc1ccc(OCc2ccccc2)c(OC)c1. The normalized spacial score (nSPS) is 10.9. The van der Waals surface area contributed by atoms with Gasteiger partial charge in [0.2, 0.25) is 5.91 Å². The van der Waals surface area contributed by atoms with Gasteiger partial charge in [-0.2, -0.15) is 5.10 Å². The van der Waals surface area contributed by atoms with Crippen LogP contribution in [-0.4, -0.2) is 25.8 Å². The van der Waals surface area contributed by atoms with Gasteiger partial charge in [-0.1, -0.05) is 78.9 Å². The first-order valence-corrected chi connectivity index (χ1v) is 14.1. The van der Waals surface area contributed by atoms with Crippen LogP contribution in [0.4, 0.5) is 0 Å². The van der Waals surface area contributed by atoms with E-state index in [0.29, 0.717) is 42.8 Å². The number of rotatable bonds is 13. The number of amides is 1. The molecule has 0 aliphatic heterocycles. The minimum atomic E-state index is -0.190. The Kier molecular flexibility index (Phi) is 9.88. The average molecular weight is 575 g/mol. The molecule has 1 amide bonds. The Labute approximate surface area is 251 Å². The predicted octanol–water partition coefficient (Wildman–Crippen LogP) is 7.10. The number of benzene rings is 5. The van der Waals surface area contributed by atoms with Crippen molar-refractivity contribution in [3.63, 3.8) is 0 Å². The lowest BCUT2D eigenvalue weighted by Crippen LogP contribution is -2.19. The van der Waals surface area contributed by atoms with Gasteiger partial charge < -0.3 is 18.9 Å². The minimum Gasteiger partial charge on any atom is -0.493 e. The molecule has 0 bridgehead atoms. The number of nitrogens with zero attached hydrogens (tertiary/aromatic N) is 1. The molecule has 0 aromatic heterocycles. The van der Waals surface area contributed by atoms with Crippen molar-refractivity contribution in [3.8, 4) is 23.0 Å². The number of fused-ring (bicyclic) bond motifs is 1. The van der Waals surface area contributed by atoms with Gasteiger partial charge in [-0.05, 0) is 70.3 Å². The van der Waals surface area contributed by atoms with Gasteiger partial charge in [0.05, 0.1) is 26.4 Å². The van der Waals surface area contributed by atoms with E-state index in [9.17, 15) is 4.79 Å². The monoisotopic (exact) mass is 574 g/mol. The molecule has 5 rings (SSSR count). The molecule has 0 unspecified atom stereocenters. The average Bonchev–Trinajstić information content (AvgIpc) is 3.04. The lowest BCUT2D eigenvalue weighted by Gasteiger charge is -2.15. The van der Waals surface area contributed by atoms with E-state index in [-0.39, 0.29) is 12.3 Å². The molecule has 0 saturated carbocycles. The molecular weight excluding hydrogens is 540 g/mol. The van der Waals surface area contributed by atoms with E-state index in [0.717, 1.165) is 33.0 Å². The first-order valence-electron chi connectivity index (χ1n) is 14.1. The molecule has 0 atom stereocenters. The number of nitrogens with one attached hydrogen (secondary N) is 1. The summed E-state index contributed by atoms with van der Waals surface area (Å²) < 4.78 is 23.5. The van der Waals surface area contributed by atoms with Gasteiger partial charge in [-0.3, -0.25) is 4.79 Å². The molecule has 0 radical (unpaired) electrons. The highest BCUT2D eigenvalue weighted by atomic mass is 16.5. The quantitative estimate of drug-likeness (QED) is 0.120. The first-order chi connectivity index (χ1) is 21.1. The fraction of sp³-hybridized carbons (Fsp3) is 0.167. The Morgan fingerprint density at radius 1 is 0.721 bits per heavy atom. The van der Waals surface area contributed by atoms with Gasteiger partial charge in [0, 0.05) is 0 Å². The molecule has 0 spiro atoms. The Hall–Kier alpha value is -5.30. The third-order valence-corrected chi connectivity index (χ3v) is 6.76. The van der Waals surface area contributed by atoms with Crippen LogP contribution >= 0.6 is 0 Å². The van der Waals surface area contributed by atoms with E-state index in [1.807, 2.05) is 116 Å². The van der Waals surface area contributed by atoms with Crippen LogP contribution in [0, 0.1) is 0 Å². The third kappa shape index (κ3) is 7.92. The fourth-order valence-electron chi connectivity index (χ4n) is 4.65. The zero-order valence-electron chi connectivity index (χ0n) is 24.3. The molecular formula is C36H34N2O5. The van der Waals surface area contributed by atoms with Crippen LogP contribution in [0.25, 0.3) is 10.8 Å². The lowest BCUT2D eigenvalue weighted by molar-refractivity contribution is -0.120. The van der Waals surface area contributed by atoms with Crippen LogP contribution < -0.4 is 24.4 Å².